The highest BCUT2D eigenvalue weighted by atomic mass is 16.5. The van der Waals surface area contributed by atoms with Crippen LogP contribution in [0, 0.1) is 5.92 Å². The zero-order chi connectivity index (χ0) is 18.5. The van der Waals surface area contributed by atoms with Crippen molar-refractivity contribution in [2.24, 2.45) is 5.92 Å². The van der Waals surface area contributed by atoms with Crippen LogP contribution in [-0.2, 0) is 11.2 Å². The summed E-state index contributed by atoms with van der Waals surface area (Å²) in [4.78, 5) is 18.9. The molecule has 0 aliphatic heterocycles. The van der Waals surface area contributed by atoms with E-state index in [9.17, 15) is 4.79 Å². The van der Waals surface area contributed by atoms with Crippen molar-refractivity contribution in [3.05, 3.63) is 30.2 Å². The number of aromatic nitrogens is 2. The fourth-order valence-corrected chi connectivity index (χ4v) is 3.66. The predicted octanol–water partition coefficient (Wildman–Crippen LogP) is 3.71. The molecule has 1 fully saturated rings. The molecule has 26 heavy (non-hydrogen) atoms. The van der Waals surface area contributed by atoms with Crippen molar-refractivity contribution in [1.29, 1.82) is 0 Å². The standard InChI is InChI=1S/C20H27N3O3/c1-14-6-4-5-7-17(14)23(2)19(24)13-12-18-21-20(22-26-18)15-8-10-16(25-3)11-9-15/h8-11,14,17H,4-7,12-13H2,1-3H3. The molecule has 1 amide bonds. The number of methoxy groups -OCH3 is 1. The van der Waals surface area contributed by atoms with E-state index in [1.165, 1.54) is 19.3 Å². The van der Waals surface area contributed by atoms with Gasteiger partial charge in [-0.15, -0.1) is 0 Å². The molecule has 2 aromatic rings. The SMILES string of the molecule is COc1ccc(-c2noc(CCC(=O)N(C)C3CCCCC3C)n2)cc1. The second kappa shape index (κ2) is 8.34. The average molecular weight is 357 g/mol. The molecule has 1 aromatic carbocycles. The van der Waals surface area contributed by atoms with Crippen molar-refractivity contribution in [3.8, 4) is 17.1 Å². The lowest BCUT2D eigenvalue weighted by Crippen LogP contribution is -2.42. The normalized spacial score (nSPS) is 20.0. The molecule has 2 unspecified atom stereocenters. The van der Waals surface area contributed by atoms with Gasteiger partial charge in [-0.3, -0.25) is 4.79 Å². The smallest absolute Gasteiger partial charge is 0.227 e. The maximum atomic E-state index is 12.5. The van der Waals surface area contributed by atoms with Crippen LogP contribution in [0.3, 0.4) is 0 Å². The minimum atomic E-state index is 0.146. The van der Waals surface area contributed by atoms with Gasteiger partial charge in [-0.2, -0.15) is 4.98 Å². The first-order chi connectivity index (χ1) is 12.6. The van der Waals surface area contributed by atoms with E-state index in [2.05, 4.69) is 17.1 Å². The zero-order valence-electron chi connectivity index (χ0n) is 15.8. The lowest BCUT2D eigenvalue weighted by Gasteiger charge is -2.36. The van der Waals surface area contributed by atoms with Gasteiger partial charge in [0.05, 0.1) is 7.11 Å². The number of hydrogen-bond acceptors (Lipinski definition) is 5. The maximum absolute atomic E-state index is 12.5. The molecule has 6 heteroatoms. The van der Waals surface area contributed by atoms with E-state index < -0.39 is 0 Å². The van der Waals surface area contributed by atoms with Gasteiger partial charge >= 0.3 is 0 Å². The molecule has 3 rings (SSSR count). The Balaban J connectivity index is 1.56. The highest BCUT2D eigenvalue weighted by molar-refractivity contribution is 5.76. The molecule has 1 saturated carbocycles. The first-order valence-corrected chi connectivity index (χ1v) is 9.31. The number of carbonyl (C=O) groups is 1. The van der Waals surface area contributed by atoms with E-state index >= 15 is 0 Å². The highest BCUT2D eigenvalue weighted by Crippen LogP contribution is 2.28. The molecule has 2 atom stereocenters. The minimum absolute atomic E-state index is 0.146. The first-order valence-electron chi connectivity index (χ1n) is 9.31. The van der Waals surface area contributed by atoms with Crippen molar-refractivity contribution in [1.82, 2.24) is 15.0 Å². The first kappa shape index (κ1) is 18.4. The van der Waals surface area contributed by atoms with Gasteiger partial charge in [-0.05, 0) is 43.0 Å². The molecule has 6 nitrogen and oxygen atoms in total. The second-order valence-corrected chi connectivity index (χ2v) is 7.07. The van der Waals surface area contributed by atoms with Crippen molar-refractivity contribution in [2.75, 3.05) is 14.2 Å². The molecule has 0 saturated heterocycles. The summed E-state index contributed by atoms with van der Waals surface area (Å²) in [7, 11) is 3.55. The summed E-state index contributed by atoms with van der Waals surface area (Å²) in [6, 6.07) is 7.84. The largest absolute Gasteiger partial charge is 0.497 e. The fourth-order valence-electron chi connectivity index (χ4n) is 3.66. The number of benzene rings is 1. The van der Waals surface area contributed by atoms with Crippen LogP contribution in [0.15, 0.2) is 28.8 Å². The van der Waals surface area contributed by atoms with Crippen molar-refractivity contribution in [3.63, 3.8) is 0 Å². The zero-order valence-corrected chi connectivity index (χ0v) is 15.8. The molecule has 0 spiro atoms. The van der Waals surface area contributed by atoms with Crippen LogP contribution in [-0.4, -0.2) is 41.1 Å². The third-order valence-electron chi connectivity index (χ3n) is 5.33. The number of aryl methyl sites for hydroxylation is 1. The molecule has 0 bridgehead atoms. The Morgan fingerprint density at radius 1 is 1.27 bits per heavy atom. The number of carbonyl (C=O) groups excluding carboxylic acids is 1. The quantitative estimate of drug-likeness (QED) is 0.788. The number of amides is 1. The van der Waals surface area contributed by atoms with Gasteiger partial charge in [-0.1, -0.05) is 24.9 Å². The van der Waals surface area contributed by atoms with Gasteiger partial charge < -0.3 is 14.2 Å². The van der Waals surface area contributed by atoms with Crippen molar-refractivity contribution < 1.29 is 14.1 Å². The lowest BCUT2D eigenvalue weighted by atomic mass is 9.85. The van der Waals surface area contributed by atoms with E-state index in [0.717, 1.165) is 17.7 Å². The van der Waals surface area contributed by atoms with Crippen molar-refractivity contribution >= 4 is 5.91 Å². The summed E-state index contributed by atoms with van der Waals surface area (Å²) in [5, 5.41) is 4.01. The number of ether oxygens (including phenoxy) is 1. The summed E-state index contributed by atoms with van der Waals surface area (Å²) >= 11 is 0. The molecular weight excluding hydrogens is 330 g/mol. The van der Waals surface area contributed by atoms with Gasteiger partial charge in [0, 0.05) is 31.5 Å². The van der Waals surface area contributed by atoms with E-state index in [4.69, 9.17) is 9.26 Å². The van der Waals surface area contributed by atoms with Gasteiger partial charge in [0.2, 0.25) is 17.6 Å². The van der Waals surface area contributed by atoms with Gasteiger partial charge in [-0.25, -0.2) is 0 Å². The van der Waals surface area contributed by atoms with Crippen LogP contribution in [0.2, 0.25) is 0 Å². The molecule has 0 N–H and O–H groups in total. The van der Waals surface area contributed by atoms with Crippen LogP contribution in [0.1, 0.15) is 44.9 Å². The van der Waals surface area contributed by atoms with Crippen LogP contribution >= 0.6 is 0 Å². The fraction of sp³-hybridized carbons (Fsp3) is 0.550. The molecule has 1 aliphatic rings. The van der Waals surface area contributed by atoms with Gasteiger partial charge in [0.15, 0.2) is 0 Å². The van der Waals surface area contributed by atoms with Crippen LogP contribution in [0.5, 0.6) is 5.75 Å². The van der Waals surface area contributed by atoms with Crippen molar-refractivity contribution in [2.45, 2.75) is 51.5 Å². The summed E-state index contributed by atoms with van der Waals surface area (Å²) in [6.07, 6.45) is 5.65. The summed E-state index contributed by atoms with van der Waals surface area (Å²) in [6.45, 7) is 2.24. The Labute approximate surface area is 154 Å². The van der Waals surface area contributed by atoms with Crippen LogP contribution < -0.4 is 4.74 Å². The van der Waals surface area contributed by atoms with Gasteiger partial charge in [0.25, 0.3) is 0 Å². The topological polar surface area (TPSA) is 68.5 Å². The molecule has 1 heterocycles. The Kier molecular flexibility index (Phi) is 5.91. The lowest BCUT2D eigenvalue weighted by molar-refractivity contribution is -0.133. The third-order valence-corrected chi connectivity index (χ3v) is 5.33. The van der Waals surface area contributed by atoms with E-state index in [-0.39, 0.29) is 5.91 Å². The Bertz CT molecular complexity index is 726. The Morgan fingerprint density at radius 3 is 2.69 bits per heavy atom. The van der Waals surface area contributed by atoms with Gasteiger partial charge in [0.1, 0.15) is 5.75 Å². The molecule has 1 aliphatic carbocycles. The number of rotatable bonds is 6. The molecule has 1 aromatic heterocycles. The summed E-state index contributed by atoms with van der Waals surface area (Å²) < 4.78 is 10.5. The monoisotopic (exact) mass is 357 g/mol. The Morgan fingerprint density at radius 2 is 2.00 bits per heavy atom. The molecular formula is C20H27N3O3. The average Bonchev–Trinajstić information content (AvgIpc) is 3.15. The molecule has 140 valence electrons. The van der Waals surface area contributed by atoms with E-state index in [1.807, 2.05) is 36.2 Å². The highest BCUT2D eigenvalue weighted by Gasteiger charge is 2.27. The number of nitrogens with zero attached hydrogens (tertiary/aromatic N) is 3. The maximum Gasteiger partial charge on any atom is 0.227 e. The molecule has 0 radical (unpaired) electrons. The van der Waals surface area contributed by atoms with Crippen LogP contribution in [0.4, 0.5) is 0 Å². The van der Waals surface area contributed by atoms with E-state index in [1.54, 1.807) is 7.11 Å². The predicted molar refractivity (Wildman–Crippen MR) is 98.8 cm³/mol. The minimum Gasteiger partial charge on any atom is -0.497 e. The Hall–Kier alpha value is -2.37. The summed E-state index contributed by atoms with van der Waals surface area (Å²) in [5.41, 5.74) is 0.861. The summed E-state index contributed by atoms with van der Waals surface area (Å²) in [5.74, 6) is 2.53. The number of hydrogen-bond donors (Lipinski definition) is 0. The third kappa shape index (κ3) is 4.23. The van der Waals surface area contributed by atoms with Crippen LogP contribution in [0.25, 0.3) is 11.4 Å². The van der Waals surface area contributed by atoms with E-state index in [0.29, 0.717) is 36.5 Å². The second-order valence-electron chi connectivity index (χ2n) is 7.07.